The third-order valence-electron chi connectivity index (χ3n) is 2.75. The molecule has 0 radical (unpaired) electrons. The van der Waals surface area contributed by atoms with Gasteiger partial charge in [-0.1, -0.05) is 13.3 Å². The fraction of sp³-hybridized carbons (Fsp3) is 0.923. The van der Waals surface area contributed by atoms with Gasteiger partial charge in [0.2, 0.25) is 5.91 Å². The standard InChI is InChI=1S/C13H29N3O/c1-5-6-12-16(4)13(17)8-10-14-9-7-11-15(2)3/h14H,5-12H2,1-4H3. The van der Waals surface area contributed by atoms with Crippen LogP contribution < -0.4 is 5.32 Å². The SMILES string of the molecule is CCCCN(C)C(=O)CCNCCCN(C)C. The maximum absolute atomic E-state index is 11.7. The summed E-state index contributed by atoms with van der Waals surface area (Å²) in [7, 11) is 6.04. The van der Waals surface area contributed by atoms with Crippen LogP contribution in [0.15, 0.2) is 0 Å². The van der Waals surface area contributed by atoms with E-state index in [-0.39, 0.29) is 5.91 Å². The molecule has 0 aromatic heterocycles. The lowest BCUT2D eigenvalue weighted by atomic mass is 10.3. The van der Waals surface area contributed by atoms with E-state index in [0.717, 1.165) is 45.4 Å². The van der Waals surface area contributed by atoms with Crippen molar-refractivity contribution in [2.45, 2.75) is 32.6 Å². The number of amides is 1. The highest BCUT2D eigenvalue weighted by Gasteiger charge is 2.06. The van der Waals surface area contributed by atoms with Gasteiger partial charge < -0.3 is 15.1 Å². The molecule has 0 aromatic carbocycles. The molecule has 4 nitrogen and oxygen atoms in total. The second-order valence-corrected chi connectivity index (χ2v) is 4.83. The largest absolute Gasteiger partial charge is 0.346 e. The summed E-state index contributed by atoms with van der Waals surface area (Å²) in [6.07, 6.45) is 3.98. The molecule has 0 rings (SSSR count). The van der Waals surface area contributed by atoms with Crippen molar-refractivity contribution < 1.29 is 4.79 Å². The third-order valence-corrected chi connectivity index (χ3v) is 2.75. The van der Waals surface area contributed by atoms with Crippen molar-refractivity contribution in [3.8, 4) is 0 Å². The van der Waals surface area contributed by atoms with Gasteiger partial charge in [-0.15, -0.1) is 0 Å². The first-order chi connectivity index (χ1) is 8.07. The van der Waals surface area contributed by atoms with Crippen LogP contribution in [0.3, 0.4) is 0 Å². The molecule has 1 amide bonds. The number of hydrogen-bond acceptors (Lipinski definition) is 3. The van der Waals surface area contributed by atoms with E-state index >= 15 is 0 Å². The number of hydrogen-bond donors (Lipinski definition) is 1. The Bertz CT molecular complexity index is 195. The molecule has 0 bridgehead atoms. The molecule has 17 heavy (non-hydrogen) atoms. The molecular formula is C13H29N3O. The Kier molecular flexibility index (Phi) is 10.2. The van der Waals surface area contributed by atoms with Gasteiger partial charge in [0.15, 0.2) is 0 Å². The number of unbranched alkanes of at least 4 members (excludes halogenated alkanes) is 1. The molecule has 1 N–H and O–H groups in total. The van der Waals surface area contributed by atoms with Gasteiger partial charge in [0, 0.05) is 26.6 Å². The second-order valence-electron chi connectivity index (χ2n) is 4.83. The summed E-state index contributed by atoms with van der Waals surface area (Å²) in [4.78, 5) is 15.7. The Hall–Kier alpha value is -0.610. The third kappa shape index (κ3) is 10.3. The summed E-state index contributed by atoms with van der Waals surface area (Å²) < 4.78 is 0. The first-order valence-corrected chi connectivity index (χ1v) is 6.67. The van der Waals surface area contributed by atoms with Gasteiger partial charge in [0.05, 0.1) is 0 Å². The molecule has 0 fully saturated rings. The smallest absolute Gasteiger partial charge is 0.223 e. The number of carbonyl (C=O) groups excluding carboxylic acids is 1. The molecule has 0 aromatic rings. The van der Waals surface area contributed by atoms with E-state index in [2.05, 4.69) is 31.2 Å². The van der Waals surface area contributed by atoms with Crippen molar-refractivity contribution in [3.05, 3.63) is 0 Å². The molecule has 0 aliphatic rings. The Morgan fingerprint density at radius 3 is 2.35 bits per heavy atom. The van der Waals surface area contributed by atoms with Crippen LogP contribution in [0.5, 0.6) is 0 Å². The molecule has 102 valence electrons. The van der Waals surface area contributed by atoms with Crippen LogP contribution in [0.25, 0.3) is 0 Å². The van der Waals surface area contributed by atoms with Crippen LogP contribution >= 0.6 is 0 Å². The molecule has 4 heteroatoms. The second kappa shape index (κ2) is 10.5. The van der Waals surface area contributed by atoms with Crippen molar-refractivity contribution in [1.29, 1.82) is 0 Å². The van der Waals surface area contributed by atoms with E-state index < -0.39 is 0 Å². The van der Waals surface area contributed by atoms with Crippen LogP contribution in [0, 0.1) is 0 Å². The number of carbonyl (C=O) groups is 1. The van der Waals surface area contributed by atoms with Gasteiger partial charge in [0.25, 0.3) is 0 Å². The summed E-state index contributed by atoms with van der Waals surface area (Å²) in [6, 6.07) is 0. The van der Waals surface area contributed by atoms with Crippen LogP contribution in [0.2, 0.25) is 0 Å². The minimum Gasteiger partial charge on any atom is -0.346 e. The summed E-state index contributed by atoms with van der Waals surface area (Å²) >= 11 is 0. The van der Waals surface area contributed by atoms with Gasteiger partial charge in [-0.3, -0.25) is 4.79 Å². The Morgan fingerprint density at radius 1 is 1.06 bits per heavy atom. The topological polar surface area (TPSA) is 35.6 Å². The van der Waals surface area contributed by atoms with Crippen molar-refractivity contribution in [1.82, 2.24) is 15.1 Å². The van der Waals surface area contributed by atoms with E-state index in [1.54, 1.807) is 0 Å². The predicted octanol–water partition coefficient (Wildman–Crippen LogP) is 1.18. The molecule has 0 aliphatic carbocycles. The number of rotatable bonds is 10. The minimum atomic E-state index is 0.249. The highest BCUT2D eigenvalue weighted by Crippen LogP contribution is 1.95. The Morgan fingerprint density at radius 2 is 1.76 bits per heavy atom. The quantitative estimate of drug-likeness (QED) is 0.585. The van der Waals surface area contributed by atoms with Gasteiger partial charge in [-0.25, -0.2) is 0 Å². The fourth-order valence-corrected chi connectivity index (χ4v) is 1.55. The summed E-state index contributed by atoms with van der Waals surface area (Å²) in [5.74, 6) is 0.249. The molecule has 0 saturated carbocycles. The molecule has 0 unspecified atom stereocenters. The minimum absolute atomic E-state index is 0.249. The average molecular weight is 243 g/mol. The molecule has 0 saturated heterocycles. The lowest BCUT2D eigenvalue weighted by molar-refractivity contribution is -0.129. The first-order valence-electron chi connectivity index (χ1n) is 6.67. The lowest BCUT2D eigenvalue weighted by Crippen LogP contribution is -2.31. The van der Waals surface area contributed by atoms with E-state index in [9.17, 15) is 4.79 Å². The Balaban J connectivity index is 3.38. The maximum Gasteiger partial charge on any atom is 0.223 e. The predicted molar refractivity (Wildman–Crippen MR) is 73.2 cm³/mol. The van der Waals surface area contributed by atoms with Crippen molar-refractivity contribution in [2.24, 2.45) is 0 Å². The average Bonchev–Trinajstić information content (AvgIpc) is 2.29. The van der Waals surface area contributed by atoms with Gasteiger partial charge in [-0.05, 0) is 40.0 Å². The van der Waals surface area contributed by atoms with Gasteiger partial charge >= 0.3 is 0 Å². The highest BCUT2D eigenvalue weighted by atomic mass is 16.2. The fourth-order valence-electron chi connectivity index (χ4n) is 1.55. The van der Waals surface area contributed by atoms with E-state index in [0.29, 0.717) is 6.42 Å². The van der Waals surface area contributed by atoms with Crippen LogP contribution in [0.1, 0.15) is 32.6 Å². The summed E-state index contributed by atoms with van der Waals surface area (Å²) in [5.41, 5.74) is 0. The molecule has 0 spiro atoms. The monoisotopic (exact) mass is 243 g/mol. The van der Waals surface area contributed by atoms with E-state index in [1.807, 2.05) is 11.9 Å². The highest BCUT2D eigenvalue weighted by molar-refractivity contribution is 5.75. The zero-order valence-corrected chi connectivity index (χ0v) is 12.0. The normalized spacial score (nSPS) is 10.9. The van der Waals surface area contributed by atoms with Crippen molar-refractivity contribution >= 4 is 5.91 Å². The zero-order chi connectivity index (χ0) is 13.1. The van der Waals surface area contributed by atoms with Crippen molar-refractivity contribution in [2.75, 3.05) is 47.3 Å². The maximum atomic E-state index is 11.7. The van der Waals surface area contributed by atoms with E-state index in [1.165, 1.54) is 0 Å². The molecule has 0 heterocycles. The molecule has 0 atom stereocenters. The van der Waals surface area contributed by atoms with Crippen molar-refractivity contribution in [3.63, 3.8) is 0 Å². The molecular weight excluding hydrogens is 214 g/mol. The van der Waals surface area contributed by atoms with Gasteiger partial charge in [0.1, 0.15) is 0 Å². The van der Waals surface area contributed by atoms with Gasteiger partial charge in [-0.2, -0.15) is 0 Å². The first kappa shape index (κ1) is 16.4. The van der Waals surface area contributed by atoms with Crippen LogP contribution in [-0.2, 0) is 4.79 Å². The lowest BCUT2D eigenvalue weighted by Gasteiger charge is -2.16. The number of nitrogens with zero attached hydrogens (tertiary/aromatic N) is 2. The zero-order valence-electron chi connectivity index (χ0n) is 12.0. The summed E-state index contributed by atoms with van der Waals surface area (Å²) in [5, 5.41) is 3.31. The number of nitrogens with one attached hydrogen (secondary N) is 1. The summed E-state index contributed by atoms with van der Waals surface area (Å²) in [6.45, 7) is 5.91. The van der Waals surface area contributed by atoms with E-state index in [4.69, 9.17) is 0 Å². The molecule has 0 aliphatic heterocycles. The van der Waals surface area contributed by atoms with Crippen LogP contribution in [0.4, 0.5) is 0 Å². The van der Waals surface area contributed by atoms with Crippen LogP contribution in [-0.4, -0.2) is 63.0 Å². The Labute approximate surface area is 106 Å².